The van der Waals surface area contributed by atoms with Gasteiger partial charge in [0.05, 0.1) is 32.2 Å². The number of carbonyl (C=O) groups is 2. The van der Waals surface area contributed by atoms with E-state index in [2.05, 4.69) is 4.98 Å². The summed E-state index contributed by atoms with van der Waals surface area (Å²) in [5, 5.41) is 0. The molecular formula is C22H32ClNO5. The highest BCUT2D eigenvalue weighted by atomic mass is 35.5. The van der Waals surface area contributed by atoms with Gasteiger partial charge in [-0.3, -0.25) is 14.6 Å². The van der Waals surface area contributed by atoms with Gasteiger partial charge in [-0.15, -0.1) is 12.4 Å². The molecule has 0 N–H and O–H groups in total. The minimum absolute atomic E-state index is 0. The maximum Gasteiger partial charge on any atom is 0.305 e. The third-order valence-electron chi connectivity index (χ3n) is 4.84. The molecule has 0 saturated heterocycles. The number of hydrogen-bond donors (Lipinski definition) is 0. The van der Waals surface area contributed by atoms with Crippen molar-refractivity contribution in [2.45, 2.75) is 58.3 Å². The Bertz CT molecular complexity index is 671. The minimum atomic E-state index is -0.181. The number of esters is 1. The number of rotatable bonds is 11. The summed E-state index contributed by atoms with van der Waals surface area (Å²) in [6.45, 7) is 2.67. The van der Waals surface area contributed by atoms with Crippen LogP contribution in [0.25, 0.3) is 6.08 Å². The van der Waals surface area contributed by atoms with Gasteiger partial charge in [-0.05, 0) is 44.8 Å². The molecule has 162 valence electrons. The van der Waals surface area contributed by atoms with E-state index in [1.807, 2.05) is 0 Å². The van der Waals surface area contributed by atoms with E-state index in [0.717, 1.165) is 32.1 Å². The molecule has 0 unspecified atom stereocenters. The number of carbonyl (C=O) groups excluding carboxylic acids is 2. The molecule has 0 spiro atoms. The zero-order valence-corrected chi connectivity index (χ0v) is 18.2. The van der Waals surface area contributed by atoms with Crippen LogP contribution in [0, 0.1) is 5.92 Å². The van der Waals surface area contributed by atoms with Crippen LogP contribution in [0.4, 0.5) is 0 Å². The van der Waals surface area contributed by atoms with Crippen molar-refractivity contribution in [2.24, 2.45) is 5.92 Å². The molecule has 7 heteroatoms. The average molecular weight is 426 g/mol. The SMILES string of the molecule is CCOC(=O)CCCCOc1cc(C=CC(=O)C2CCCCC2)ncc1OC.Cl. The van der Waals surface area contributed by atoms with Crippen molar-refractivity contribution in [3.63, 3.8) is 0 Å². The first kappa shape index (κ1) is 25.0. The monoisotopic (exact) mass is 425 g/mol. The van der Waals surface area contributed by atoms with Crippen molar-refractivity contribution < 1.29 is 23.8 Å². The number of ketones is 1. The van der Waals surface area contributed by atoms with E-state index in [4.69, 9.17) is 14.2 Å². The molecule has 1 aliphatic carbocycles. The average Bonchev–Trinajstić information content (AvgIpc) is 2.72. The first-order valence-electron chi connectivity index (χ1n) is 10.2. The lowest BCUT2D eigenvalue weighted by Crippen LogP contribution is -2.15. The predicted octanol–water partition coefficient (Wildman–Crippen LogP) is 4.79. The second-order valence-corrected chi connectivity index (χ2v) is 6.94. The maximum atomic E-state index is 12.3. The molecule has 0 bridgehead atoms. The lowest BCUT2D eigenvalue weighted by molar-refractivity contribution is -0.143. The van der Waals surface area contributed by atoms with Crippen molar-refractivity contribution >= 4 is 30.2 Å². The van der Waals surface area contributed by atoms with Crippen LogP contribution < -0.4 is 9.47 Å². The Morgan fingerprint density at radius 1 is 1.17 bits per heavy atom. The third kappa shape index (κ3) is 8.86. The van der Waals surface area contributed by atoms with Gasteiger partial charge < -0.3 is 14.2 Å². The van der Waals surface area contributed by atoms with Crippen LogP contribution in [0.15, 0.2) is 18.3 Å². The predicted molar refractivity (Wildman–Crippen MR) is 115 cm³/mol. The van der Waals surface area contributed by atoms with E-state index in [9.17, 15) is 9.59 Å². The fourth-order valence-corrected chi connectivity index (χ4v) is 3.27. The van der Waals surface area contributed by atoms with Crippen LogP contribution >= 0.6 is 12.4 Å². The van der Waals surface area contributed by atoms with Crippen LogP contribution in [-0.2, 0) is 14.3 Å². The van der Waals surface area contributed by atoms with Gasteiger partial charge >= 0.3 is 5.97 Å². The van der Waals surface area contributed by atoms with Crippen molar-refractivity contribution in [3.05, 3.63) is 24.0 Å². The van der Waals surface area contributed by atoms with E-state index in [1.54, 1.807) is 38.4 Å². The molecule has 1 heterocycles. The summed E-state index contributed by atoms with van der Waals surface area (Å²) in [5.41, 5.74) is 0.659. The minimum Gasteiger partial charge on any atom is -0.491 e. The number of halogens is 1. The second-order valence-electron chi connectivity index (χ2n) is 6.94. The van der Waals surface area contributed by atoms with Crippen molar-refractivity contribution in [1.29, 1.82) is 0 Å². The van der Waals surface area contributed by atoms with E-state index in [1.165, 1.54) is 6.42 Å². The van der Waals surface area contributed by atoms with Crippen LogP contribution in [0.2, 0.25) is 0 Å². The standard InChI is InChI=1S/C22H31NO5.ClH/c1-3-27-22(25)11-7-8-14-28-20-15-18(23-16-21(20)26-2)12-13-19(24)17-9-5-4-6-10-17;/h12-13,15-17H,3-11,14H2,1-2H3;1H. The first-order chi connectivity index (χ1) is 13.6. The molecule has 2 rings (SSSR count). The Morgan fingerprint density at radius 2 is 1.93 bits per heavy atom. The highest BCUT2D eigenvalue weighted by Crippen LogP contribution is 2.28. The third-order valence-corrected chi connectivity index (χ3v) is 4.84. The first-order valence-corrected chi connectivity index (χ1v) is 10.2. The lowest BCUT2D eigenvalue weighted by Gasteiger charge is -2.18. The molecule has 0 aromatic carbocycles. The second kappa shape index (κ2) is 14.0. The lowest BCUT2D eigenvalue weighted by atomic mass is 9.86. The summed E-state index contributed by atoms with van der Waals surface area (Å²) in [7, 11) is 1.56. The van der Waals surface area contributed by atoms with E-state index < -0.39 is 0 Å². The molecule has 1 aliphatic rings. The molecule has 6 nitrogen and oxygen atoms in total. The number of allylic oxidation sites excluding steroid dienone is 1. The Kier molecular flexibility index (Phi) is 12.0. The van der Waals surface area contributed by atoms with Crippen molar-refractivity contribution in [1.82, 2.24) is 4.98 Å². The van der Waals surface area contributed by atoms with E-state index >= 15 is 0 Å². The van der Waals surface area contributed by atoms with Crippen LogP contribution in [0.1, 0.15) is 64.0 Å². The number of pyridine rings is 1. The maximum absolute atomic E-state index is 12.3. The van der Waals surface area contributed by atoms with Crippen LogP contribution in [0.5, 0.6) is 11.5 Å². The van der Waals surface area contributed by atoms with E-state index in [-0.39, 0.29) is 30.1 Å². The zero-order chi connectivity index (χ0) is 20.2. The molecule has 1 saturated carbocycles. The van der Waals surface area contributed by atoms with Gasteiger partial charge in [-0.25, -0.2) is 0 Å². The number of hydrogen-bond acceptors (Lipinski definition) is 6. The number of nitrogens with zero attached hydrogens (tertiary/aromatic N) is 1. The summed E-state index contributed by atoms with van der Waals surface area (Å²) < 4.78 is 16.0. The number of aromatic nitrogens is 1. The molecule has 0 radical (unpaired) electrons. The normalized spacial score (nSPS) is 14.3. The number of unbranched alkanes of at least 4 members (excludes halogenated alkanes) is 1. The quantitative estimate of drug-likeness (QED) is 0.288. The van der Waals surface area contributed by atoms with Crippen LogP contribution in [-0.4, -0.2) is 37.1 Å². The molecule has 1 aromatic heterocycles. The number of ether oxygens (including phenoxy) is 3. The zero-order valence-electron chi connectivity index (χ0n) is 17.4. The van der Waals surface area contributed by atoms with Gasteiger partial charge in [0, 0.05) is 18.4 Å². The Labute approximate surface area is 179 Å². The Morgan fingerprint density at radius 3 is 2.62 bits per heavy atom. The Hall–Kier alpha value is -2.08. The van der Waals surface area contributed by atoms with Gasteiger partial charge in [0.25, 0.3) is 0 Å². The smallest absolute Gasteiger partial charge is 0.305 e. The highest BCUT2D eigenvalue weighted by molar-refractivity contribution is 5.95. The van der Waals surface area contributed by atoms with Crippen LogP contribution in [0.3, 0.4) is 0 Å². The molecule has 0 atom stereocenters. The van der Waals surface area contributed by atoms with Gasteiger partial charge in [0.1, 0.15) is 0 Å². The molecule has 0 amide bonds. The summed E-state index contributed by atoms with van der Waals surface area (Å²) in [4.78, 5) is 28.0. The summed E-state index contributed by atoms with van der Waals surface area (Å²) in [5.74, 6) is 1.27. The molecule has 1 aromatic rings. The summed E-state index contributed by atoms with van der Waals surface area (Å²) in [6, 6.07) is 1.77. The van der Waals surface area contributed by atoms with Gasteiger partial charge in [-0.2, -0.15) is 0 Å². The van der Waals surface area contributed by atoms with Gasteiger partial charge in [-0.1, -0.05) is 19.3 Å². The van der Waals surface area contributed by atoms with Crippen molar-refractivity contribution in [2.75, 3.05) is 20.3 Å². The Balaban J connectivity index is 0.00000420. The molecular weight excluding hydrogens is 394 g/mol. The van der Waals surface area contributed by atoms with Crippen molar-refractivity contribution in [3.8, 4) is 11.5 Å². The molecule has 1 fully saturated rings. The molecule has 0 aliphatic heterocycles. The summed E-state index contributed by atoms with van der Waals surface area (Å²) >= 11 is 0. The topological polar surface area (TPSA) is 74.7 Å². The van der Waals surface area contributed by atoms with E-state index in [0.29, 0.717) is 43.2 Å². The molecule has 29 heavy (non-hydrogen) atoms. The summed E-state index contributed by atoms with van der Waals surface area (Å²) in [6.07, 6.45) is 12.3. The largest absolute Gasteiger partial charge is 0.491 e. The van der Waals surface area contributed by atoms with Gasteiger partial charge in [0.15, 0.2) is 17.3 Å². The van der Waals surface area contributed by atoms with Gasteiger partial charge in [0.2, 0.25) is 0 Å². The number of methoxy groups -OCH3 is 1. The highest BCUT2D eigenvalue weighted by Gasteiger charge is 2.18. The fourth-order valence-electron chi connectivity index (χ4n) is 3.27. The fraction of sp³-hybridized carbons (Fsp3) is 0.591.